The van der Waals surface area contributed by atoms with E-state index in [1.54, 1.807) is 24.3 Å². The van der Waals surface area contributed by atoms with Gasteiger partial charge in [0, 0.05) is 6.04 Å². The van der Waals surface area contributed by atoms with E-state index in [1.807, 2.05) is 6.92 Å². The molecule has 1 atom stereocenters. The van der Waals surface area contributed by atoms with Crippen LogP contribution in [0.1, 0.15) is 44.1 Å². The van der Waals surface area contributed by atoms with Gasteiger partial charge in [-0.25, -0.2) is 0 Å². The van der Waals surface area contributed by atoms with E-state index in [2.05, 4.69) is 5.32 Å². The fourth-order valence-corrected chi connectivity index (χ4v) is 4.61. The van der Waals surface area contributed by atoms with E-state index in [-0.39, 0.29) is 28.9 Å². The van der Waals surface area contributed by atoms with Crippen molar-refractivity contribution in [3.63, 3.8) is 0 Å². The Hall–Kier alpha value is -1.40. The number of rotatable bonds is 5. The van der Waals surface area contributed by atoms with Crippen LogP contribution in [0.25, 0.3) is 0 Å². The third kappa shape index (κ3) is 3.43. The lowest BCUT2D eigenvalue weighted by Gasteiger charge is -2.18. The van der Waals surface area contributed by atoms with Crippen molar-refractivity contribution in [3.05, 3.63) is 29.8 Å². The largest absolute Gasteiger partial charge is 0.353 e. The maximum Gasteiger partial charge on any atom is 0.296 e. The van der Waals surface area contributed by atoms with Gasteiger partial charge >= 0.3 is 0 Å². The van der Waals surface area contributed by atoms with Crippen LogP contribution in [-0.2, 0) is 19.1 Å². The zero-order chi connectivity index (χ0) is 16.5. The van der Waals surface area contributed by atoms with Crippen molar-refractivity contribution in [1.29, 1.82) is 0 Å². The van der Waals surface area contributed by atoms with Crippen LogP contribution in [0.4, 0.5) is 0 Å². The highest BCUT2D eigenvalue weighted by Gasteiger charge is 2.47. The normalized spacial score (nSPS) is 23.3. The summed E-state index contributed by atoms with van der Waals surface area (Å²) in [5, 5.41) is 3.01. The van der Waals surface area contributed by atoms with Gasteiger partial charge in [-0.05, 0) is 44.7 Å². The van der Waals surface area contributed by atoms with Crippen LogP contribution < -0.4 is 5.32 Å². The first-order valence-corrected chi connectivity index (χ1v) is 9.59. The number of nitrogens with one attached hydrogen (secondary N) is 1. The second-order valence-corrected chi connectivity index (χ2v) is 8.36. The monoisotopic (exact) mass is 337 g/mol. The van der Waals surface area contributed by atoms with Crippen LogP contribution in [0.15, 0.2) is 29.2 Å². The number of amides is 1. The molecule has 1 aliphatic heterocycles. The summed E-state index contributed by atoms with van der Waals surface area (Å²) in [5.41, 5.74) is 0.806. The molecule has 6 heteroatoms. The number of aryl methyl sites for hydroxylation is 1. The summed E-state index contributed by atoms with van der Waals surface area (Å²) < 4.78 is 29.4. The molecule has 1 saturated heterocycles. The van der Waals surface area contributed by atoms with Crippen LogP contribution in [0.2, 0.25) is 0 Å². The fourth-order valence-electron chi connectivity index (χ4n) is 3.68. The molecule has 1 spiro atoms. The predicted molar refractivity (Wildman–Crippen MR) is 86.4 cm³/mol. The zero-order valence-corrected chi connectivity index (χ0v) is 14.2. The standard InChI is InChI=1S/C17H23NO4S/c1-13-4-6-15(7-5-13)23(20,21)22-11-8-14-12-17(16(19)18-14)9-2-3-10-17/h4-7,14H,2-3,8-12H2,1H3,(H,18,19)/t14-/m1/s1. The summed E-state index contributed by atoms with van der Waals surface area (Å²) in [6.07, 6.45) is 5.46. The van der Waals surface area contributed by atoms with E-state index in [1.165, 1.54) is 0 Å². The SMILES string of the molecule is Cc1ccc(S(=O)(=O)OCC[C@@H]2CC3(CCCC3)C(=O)N2)cc1. The van der Waals surface area contributed by atoms with E-state index in [4.69, 9.17) is 4.18 Å². The summed E-state index contributed by atoms with van der Waals surface area (Å²) in [6, 6.07) is 6.62. The van der Waals surface area contributed by atoms with E-state index in [9.17, 15) is 13.2 Å². The Morgan fingerprint density at radius 1 is 1.22 bits per heavy atom. The molecule has 1 N–H and O–H groups in total. The molecule has 0 bridgehead atoms. The lowest BCUT2D eigenvalue weighted by atomic mass is 9.83. The van der Waals surface area contributed by atoms with Crippen LogP contribution >= 0.6 is 0 Å². The molecule has 3 rings (SSSR count). The van der Waals surface area contributed by atoms with Gasteiger partial charge < -0.3 is 5.32 Å². The first-order chi connectivity index (χ1) is 10.9. The van der Waals surface area contributed by atoms with Gasteiger partial charge in [0.25, 0.3) is 10.1 Å². The zero-order valence-electron chi connectivity index (χ0n) is 13.4. The fraction of sp³-hybridized carbons (Fsp3) is 0.588. The van der Waals surface area contributed by atoms with Gasteiger partial charge in [-0.15, -0.1) is 0 Å². The van der Waals surface area contributed by atoms with E-state index in [0.29, 0.717) is 6.42 Å². The van der Waals surface area contributed by atoms with E-state index < -0.39 is 10.1 Å². The molecule has 1 saturated carbocycles. The van der Waals surface area contributed by atoms with Crippen LogP contribution in [-0.4, -0.2) is 27.0 Å². The number of carbonyl (C=O) groups is 1. The lowest BCUT2D eigenvalue weighted by molar-refractivity contribution is -0.127. The molecule has 1 amide bonds. The Morgan fingerprint density at radius 2 is 1.87 bits per heavy atom. The second kappa shape index (κ2) is 6.24. The molecule has 1 aromatic carbocycles. The smallest absolute Gasteiger partial charge is 0.296 e. The average Bonchev–Trinajstić information content (AvgIpc) is 3.08. The maximum atomic E-state index is 12.2. The number of carbonyl (C=O) groups excluding carboxylic acids is 1. The third-order valence-electron chi connectivity index (χ3n) is 5.03. The summed E-state index contributed by atoms with van der Waals surface area (Å²) in [7, 11) is -3.72. The summed E-state index contributed by atoms with van der Waals surface area (Å²) in [4.78, 5) is 12.3. The highest BCUT2D eigenvalue weighted by atomic mass is 32.2. The Kier molecular flexibility index (Phi) is 4.47. The van der Waals surface area contributed by atoms with E-state index >= 15 is 0 Å². The van der Waals surface area contributed by atoms with E-state index in [0.717, 1.165) is 37.7 Å². The Morgan fingerprint density at radius 3 is 2.52 bits per heavy atom. The third-order valence-corrected chi connectivity index (χ3v) is 6.36. The van der Waals surface area contributed by atoms with Crippen LogP contribution in [0, 0.1) is 12.3 Å². The first kappa shape index (κ1) is 16.5. The minimum atomic E-state index is -3.72. The highest BCUT2D eigenvalue weighted by Crippen LogP contribution is 2.45. The predicted octanol–water partition coefficient (Wildman–Crippen LogP) is 2.54. The Labute approximate surface area is 137 Å². The van der Waals surface area contributed by atoms with Gasteiger partial charge in [0.15, 0.2) is 0 Å². The number of benzene rings is 1. The Bertz CT molecular complexity index is 675. The van der Waals surface area contributed by atoms with Crippen LogP contribution in [0.5, 0.6) is 0 Å². The summed E-state index contributed by atoms with van der Waals surface area (Å²) >= 11 is 0. The second-order valence-electron chi connectivity index (χ2n) is 6.74. The van der Waals surface area contributed by atoms with Gasteiger partial charge in [-0.1, -0.05) is 30.5 Å². The molecule has 1 aromatic rings. The van der Waals surface area contributed by atoms with Gasteiger partial charge in [-0.2, -0.15) is 8.42 Å². The van der Waals surface area contributed by atoms with Crippen molar-refractivity contribution in [2.75, 3.05) is 6.61 Å². The van der Waals surface area contributed by atoms with Crippen molar-refractivity contribution in [2.24, 2.45) is 5.41 Å². The molecule has 2 fully saturated rings. The van der Waals surface area contributed by atoms with Crippen molar-refractivity contribution in [1.82, 2.24) is 5.32 Å². The van der Waals surface area contributed by atoms with Gasteiger partial charge in [0.2, 0.25) is 5.91 Å². The molecule has 0 radical (unpaired) electrons. The first-order valence-electron chi connectivity index (χ1n) is 8.18. The number of hydrogen-bond acceptors (Lipinski definition) is 4. The van der Waals surface area contributed by atoms with Crippen molar-refractivity contribution in [2.45, 2.75) is 56.4 Å². The molecule has 2 aliphatic rings. The molecule has 126 valence electrons. The minimum Gasteiger partial charge on any atom is -0.353 e. The van der Waals surface area contributed by atoms with Crippen LogP contribution in [0.3, 0.4) is 0 Å². The van der Waals surface area contributed by atoms with Gasteiger partial charge in [0.1, 0.15) is 0 Å². The molecule has 23 heavy (non-hydrogen) atoms. The van der Waals surface area contributed by atoms with Gasteiger partial charge in [-0.3, -0.25) is 8.98 Å². The van der Waals surface area contributed by atoms with Crippen molar-refractivity contribution in [3.8, 4) is 0 Å². The molecule has 0 aromatic heterocycles. The highest BCUT2D eigenvalue weighted by molar-refractivity contribution is 7.86. The molecular formula is C17H23NO4S. The molecule has 5 nitrogen and oxygen atoms in total. The number of hydrogen-bond donors (Lipinski definition) is 1. The summed E-state index contributed by atoms with van der Waals surface area (Å²) in [6.45, 7) is 2.00. The Balaban J connectivity index is 1.53. The minimum absolute atomic E-state index is 0.0221. The average molecular weight is 337 g/mol. The molecule has 0 unspecified atom stereocenters. The molecular weight excluding hydrogens is 314 g/mol. The molecule has 1 aliphatic carbocycles. The quantitative estimate of drug-likeness (QED) is 0.838. The maximum absolute atomic E-state index is 12.2. The lowest BCUT2D eigenvalue weighted by Crippen LogP contribution is -2.30. The van der Waals surface area contributed by atoms with Crippen molar-refractivity contribution < 1.29 is 17.4 Å². The van der Waals surface area contributed by atoms with Gasteiger partial charge in [0.05, 0.1) is 16.9 Å². The van der Waals surface area contributed by atoms with Crippen molar-refractivity contribution >= 4 is 16.0 Å². The molecule has 1 heterocycles. The summed E-state index contributed by atoms with van der Waals surface area (Å²) in [5.74, 6) is 0.140. The topological polar surface area (TPSA) is 72.5 Å².